The van der Waals surface area contributed by atoms with Crippen LogP contribution in [0.3, 0.4) is 0 Å². The zero-order valence-corrected chi connectivity index (χ0v) is 14.6. The highest BCUT2D eigenvalue weighted by Gasteiger charge is 2.30. The Labute approximate surface area is 146 Å². The Kier molecular flexibility index (Phi) is 5.30. The Morgan fingerprint density at radius 1 is 1.48 bits per heavy atom. The van der Waals surface area contributed by atoms with Crippen molar-refractivity contribution in [3.8, 4) is 0 Å². The number of carbonyl (C=O) groups is 1. The van der Waals surface area contributed by atoms with Gasteiger partial charge in [-0.1, -0.05) is 11.2 Å². The third-order valence-electron chi connectivity index (χ3n) is 4.19. The second-order valence-corrected chi connectivity index (χ2v) is 5.81. The van der Waals surface area contributed by atoms with Gasteiger partial charge in [0.15, 0.2) is 5.69 Å². The van der Waals surface area contributed by atoms with Crippen LogP contribution in [0.25, 0.3) is 0 Å². The van der Waals surface area contributed by atoms with Gasteiger partial charge < -0.3 is 24.2 Å². The van der Waals surface area contributed by atoms with E-state index in [-0.39, 0.29) is 18.6 Å². The summed E-state index contributed by atoms with van der Waals surface area (Å²) in [5.74, 6) is 1.18. The van der Waals surface area contributed by atoms with Gasteiger partial charge in [-0.15, -0.1) is 0 Å². The zero-order chi connectivity index (χ0) is 17.8. The molecule has 1 amide bonds. The summed E-state index contributed by atoms with van der Waals surface area (Å²) >= 11 is 0. The van der Waals surface area contributed by atoms with Crippen LogP contribution in [0, 0.1) is 6.92 Å². The summed E-state index contributed by atoms with van der Waals surface area (Å²) in [6.07, 6.45) is -0.273. The minimum atomic E-state index is -0.273. The minimum Gasteiger partial charge on any atom is -0.380 e. The maximum atomic E-state index is 12.9. The van der Waals surface area contributed by atoms with E-state index in [0.29, 0.717) is 36.7 Å². The molecule has 3 rings (SSSR count). The first-order valence-electron chi connectivity index (χ1n) is 8.13. The molecule has 8 heteroatoms. The number of ether oxygens (including phenoxy) is 2. The molecule has 0 aliphatic carbocycles. The molecule has 2 aromatic rings. The Hall–Kier alpha value is -2.45. The van der Waals surface area contributed by atoms with E-state index >= 15 is 0 Å². The number of nitrogens with zero attached hydrogens (tertiary/aromatic N) is 3. The van der Waals surface area contributed by atoms with Crippen molar-refractivity contribution in [1.82, 2.24) is 15.0 Å². The van der Waals surface area contributed by atoms with Gasteiger partial charge in [0.2, 0.25) is 0 Å². The van der Waals surface area contributed by atoms with E-state index in [4.69, 9.17) is 14.0 Å². The van der Waals surface area contributed by atoms with E-state index in [9.17, 15) is 4.79 Å². The van der Waals surface area contributed by atoms with Gasteiger partial charge in [-0.25, -0.2) is 4.98 Å². The van der Waals surface area contributed by atoms with Crippen LogP contribution in [-0.2, 0) is 16.1 Å². The Morgan fingerprint density at radius 2 is 2.32 bits per heavy atom. The maximum Gasteiger partial charge on any atom is 0.276 e. The molecule has 0 radical (unpaired) electrons. The van der Waals surface area contributed by atoms with Gasteiger partial charge in [0.05, 0.1) is 31.0 Å². The van der Waals surface area contributed by atoms with Gasteiger partial charge in [-0.2, -0.15) is 0 Å². The highest BCUT2D eigenvalue weighted by molar-refractivity contribution is 5.93. The van der Waals surface area contributed by atoms with Crippen LogP contribution in [0.5, 0.6) is 0 Å². The number of nitrogens with one attached hydrogen (secondary N) is 1. The molecule has 1 atom stereocenters. The van der Waals surface area contributed by atoms with Crippen molar-refractivity contribution in [2.45, 2.75) is 19.6 Å². The lowest BCUT2D eigenvalue weighted by molar-refractivity contribution is -0.0250. The van der Waals surface area contributed by atoms with E-state index in [2.05, 4.69) is 15.5 Å². The van der Waals surface area contributed by atoms with Gasteiger partial charge >= 0.3 is 0 Å². The standard InChI is InChI=1S/C17H22N4O4/c1-11-12(10-23-3)16(20-25-11)17(22)21-7-8-24-14(9-21)13-5-4-6-15(18-2)19-13/h4-6,14H,7-10H2,1-3H3,(H,18,19). The number of hydrogen-bond acceptors (Lipinski definition) is 7. The molecular weight excluding hydrogens is 324 g/mol. The third kappa shape index (κ3) is 3.64. The fraction of sp³-hybridized carbons (Fsp3) is 0.471. The van der Waals surface area contributed by atoms with Crippen LogP contribution in [0.1, 0.15) is 33.6 Å². The summed E-state index contributed by atoms with van der Waals surface area (Å²) in [5.41, 5.74) is 1.78. The first-order chi connectivity index (χ1) is 12.1. The van der Waals surface area contributed by atoms with Crippen LogP contribution >= 0.6 is 0 Å². The van der Waals surface area contributed by atoms with Crippen molar-refractivity contribution in [1.29, 1.82) is 0 Å². The molecule has 1 unspecified atom stereocenters. The summed E-state index contributed by atoms with van der Waals surface area (Å²) in [5, 5.41) is 6.93. The molecule has 2 aromatic heterocycles. The number of aryl methyl sites for hydroxylation is 1. The molecule has 1 aliphatic heterocycles. The van der Waals surface area contributed by atoms with Gasteiger partial charge in [-0.05, 0) is 19.1 Å². The highest BCUT2D eigenvalue weighted by atomic mass is 16.5. The van der Waals surface area contributed by atoms with Crippen LogP contribution < -0.4 is 5.32 Å². The second kappa shape index (κ2) is 7.62. The van der Waals surface area contributed by atoms with Crippen molar-refractivity contribution in [3.63, 3.8) is 0 Å². The molecular formula is C17H22N4O4. The quantitative estimate of drug-likeness (QED) is 0.882. The third-order valence-corrected chi connectivity index (χ3v) is 4.19. The van der Waals surface area contributed by atoms with Crippen LogP contribution in [0.15, 0.2) is 22.7 Å². The Bertz CT molecular complexity index is 746. The molecule has 1 fully saturated rings. The molecule has 0 saturated carbocycles. The largest absolute Gasteiger partial charge is 0.380 e. The molecule has 0 spiro atoms. The fourth-order valence-corrected chi connectivity index (χ4v) is 2.81. The summed E-state index contributed by atoms with van der Waals surface area (Å²) < 4.78 is 16.1. The Morgan fingerprint density at radius 3 is 3.08 bits per heavy atom. The van der Waals surface area contributed by atoms with E-state index < -0.39 is 0 Å². The lowest BCUT2D eigenvalue weighted by atomic mass is 10.1. The number of pyridine rings is 1. The van der Waals surface area contributed by atoms with E-state index in [1.54, 1.807) is 18.9 Å². The molecule has 1 N–H and O–H groups in total. The van der Waals surface area contributed by atoms with Crippen LogP contribution in [-0.4, -0.2) is 54.8 Å². The molecule has 134 valence electrons. The molecule has 0 aromatic carbocycles. The Balaban J connectivity index is 1.78. The number of rotatable bonds is 5. The minimum absolute atomic E-state index is 0.179. The van der Waals surface area contributed by atoms with Crippen LogP contribution in [0.2, 0.25) is 0 Å². The molecule has 25 heavy (non-hydrogen) atoms. The molecule has 8 nitrogen and oxygen atoms in total. The van der Waals surface area contributed by atoms with Crippen molar-refractivity contribution in [3.05, 3.63) is 40.9 Å². The van der Waals surface area contributed by atoms with Crippen molar-refractivity contribution in [2.24, 2.45) is 0 Å². The van der Waals surface area contributed by atoms with E-state index in [1.807, 2.05) is 25.2 Å². The summed E-state index contributed by atoms with van der Waals surface area (Å²) in [6.45, 7) is 3.42. The van der Waals surface area contributed by atoms with Gasteiger partial charge in [0, 0.05) is 20.7 Å². The number of methoxy groups -OCH3 is 1. The maximum absolute atomic E-state index is 12.9. The molecule has 1 saturated heterocycles. The average molecular weight is 346 g/mol. The predicted molar refractivity (Wildman–Crippen MR) is 90.3 cm³/mol. The van der Waals surface area contributed by atoms with Gasteiger partial charge in [-0.3, -0.25) is 4.79 Å². The average Bonchev–Trinajstić information content (AvgIpc) is 3.02. The molecule has 3 heterocycles. The zero-order valence-electron chi connectivity index (χ0n) is 14.6. The van der Waals surface area contributed by atoms with Crippen molar-refractivity contribution >= 4 is 11.7 Å². The van der Waals surface area contributed by atoms with Crippen molar-refractivity contribution < 1.29 is 18.8 Å². The number of anilines is 1. The number of carbonyl (C=O) groups excluding carboxylic acids is 1. The fourth-order valence-electron chi connectivity index (χ4n) is 2.81. The summed E-state index contributed by atoms with van der Waals surface area (Å²) in [7, 11) is 3.39. The smallest absolute Gasteiger partial charge is 0.276 e. The number of aromatic nitrogens is 2. The topological polar surface area (TPSA) is 89.7 Å². The summed E-state index contributed by atoms with van der Waals surface area (Å²) in [6, 6.07) is 5.69. The number of morpholine rings is 1. The predicted octanol–water partition coefficient (Wildman–Crippen LogP) is 1.78. The normalized spacial score (nSPS) is 17.6. The second-order valence-electron chi connectivity index (χ2n) is 5.81. The van der Waals surface area contributed by atoms with E-state index in [0.717, 1.165) is 11.5 Å². The monoisotopic (exact) mass is 346 g/mol. The highest BCUT2D eigenvalue weighted by Crippen LogP contribution is 2.24. The first-order valence-corrected chi connectivity index (χ1v) is 8.13. The van der Waals surface area contributed by atoms with E-state index in [1.165, 1.54) is 0 Å². The van der Waals surface area contributed by atoms with Gasteiger partial charge in [0.25, 0.3) is 5.91 Å². The lowest BCUT2D eigenvalue weighted by Gasteiger charge is -2.32. The lowest BCUT2D eigenvalue weighted by Crippen LogP contribution is -2.43. The SMILES string of the molecule is CNc1cccc(C2CN(C(=O)c3noc(C)c3COC)CCO2)n1. The number of amides is 1. The van der Waals surface area contributed by atoms with Gasteiger partial charge in [0.1, 0.15) is 17.7 Å². The molecule has 1 aliphatic rings. The molecule has 0 bridgehead atoms. The number of hydrogen-bond donors (Lipinski definition) is 1. The first kappa shape index (κ1) is 17.4. The van der Waals surface area contributed by atoms with Crippen LogP contribution in [0.4, 0.5) is 5.82 Å². The summed E-state index contributed by atoms with van der Waals surface area (Å²) in [4.78, 5) is 19.1. The van der Waals surface area contributed by atoms with Crippen molar-refractivity contribution in [2.75, 3.05) is 39.2 Å².